The molecule has 0 unspecified atom stereocenters. The largest absolute Gasteiger partial charge is 0.375 e. The first-order valence-electron chi connectivity index (χ1n) is 4.72. The van der Waals surface area contributed by atoms with Gasteiger partial charge in [-0.2, -0.15) is 4.98 Å². The van der Waals surface area contributed by atoms with Gasteiger partial charge in [0.1, 0.15) is 5.69 Å². The number of nitrogen functional groups attached to an aromatic ring is 1. The highest BCUT2D eigenvalue weighted by Crippen LogP contribution is 2.27. The molecule has 0 saturated heterocycles. The third-order valence-electron chi connectivity index (χ3n) is 2.12. The first-order valence-corrected chi connectivity index (χ1v) is 5.53. The average Bonchev–Trinajstić information content (AvgIpc) is 2.96. The second-order valence-electron chi connectivity index (χ2n) is 3.48. The maximum Gasteiger partial charge on any atom is 0.191 e. The fraction of sp³-hybridized carbons (Fsp3) is 0.300. The van der Waals surface area contributed by atoms with Gasteiger partial charge >= 0.3 is 0 Å². The lowest BCUT2D eigenvalue weighted by Crippen LogP contribution is -1.86. The Bertz CT molecular complexity index is 574. The van der Waals surface area contributed by atoms with Crippen LogP contribution in [0.3, 0.4) is 0 Å². The van der Waals surface area contributed by atoms with Crippen molar-refractivity contribution in [3.8, 4) is 11.8 Å². The van der Waals surface area contributed by atoms with E-state index in [1.54, 1.807) is 6.20 Å². The molecule has 0 radical (unpaired) electrons. The van der Waals surface area contributed by atoms with Crippen LogP contribution in [0.2, 0.25) is 0 Å². The summed E-state index contributed by atoms with van der Waals surface area (Å²) in [4.78, 5) is 13.3. The number of hydrogen-bond donors (Lipinski definition) is 1. The molecule has 0 atom stereocenters. The van der Waals surface area contributed by atoms with Gasteiger partial charge in [-0.25, -0.2) is 9.97 Å². The molecule has 2 aromatic heterocycles. The molecular formula is C10H8N4S. The Morgan fingerprint density at radius 1 is 1.40 bits per heavy atom. The maximum atomic E-state index is 5.56. The van der Waals surface area contributed by atoms with Crippen molar-refractivity contribution in [3.63, 3.8) is 0 Å². The highest BCUT2D eigenvalue weighted by molar-refractivity contribution is 7.21. The van der Waals surface area contributed by atoms with Crippen LogP contribution in [-0.4, -0.2) is 15.0 Å². The van der Waals surface area contributed by atoms with E-state index in [0.29, 0.717) is 22.4 Å². The Hall–Kier alpha value is -1.67. The Morgan fingerprint density at radius 2 is 2.27 bits per heavy atom. The fourth-order valence-corrected chi connectivity index (χ4v) is 1.86. The van der Waals surface area contributed by atoms with Crippen LogP contribution in [0.5, 0.6) is 0 Å². The summed E-state index contributed by atoms with van der Waals surface area (Å²) in [5.41, 5.74) is 6.88. The van der Waals surface area contributed by atoms with Gasteiger partial charge in [-0.15, -0.1) is 0 Å². The standard InChI is InChI=1S/C10H8N4S/c11-10-14-8-9(15-10)13-7(5-12-8)4-3-6-1-2-6/h5-6H,1-2H2,(H2,11,12,14). The Labute approximate surface area is 90.6 Å². The highest BCUT2D eigenvalue weighted by Gasteiger charge is 2.17. The van der Waals surface area contributed by atoms with Crippen LogP contribution in [0.25, 0.3) is 10.5 Å². The topological polar surface area (TPSA) is 64.7 Å². The van der Waals surface area contributed by atoms with Crippen molar-refractivity contribution in [2.45, 2.75) is 12.8 Å². The van der Waals surface area contributed by atoms with Crippen LogP contribution in [0, 0.1) is 17.8 Å². The normalized spacial score (nSPS) is 14.9. The van der Waals surface area contributed by atoms with Gasteiger partial charge < -0.3 is 5.73 Å². The zero-order valence-electron chi connectivity index (χ0n) is 7.90. The van der Waals surface area contributed by atoms with Crippen LogP contribution in [0.4, 0.5) is 5.13 Å². The van der Waals surface area contributed by atoms with Crippen molar-refractivity contribution >= 4 is 26.9 Å². The van der Waals surface area contributed by atoms with Gasteiger partial charge in [0.05, 0.1) is 6.20 Å². The van der Waals surface area contributed by atoms with E-state index in [0.717, 1.165) is 4.83 Å². The SMILES string of the molecule is Nc1nc2ncc(C#CC3CC3)nc2s1. The lowest BCUT2D eigenvalue weighted by molar-refractivity contribution is 1.17. The van der Waals surface area contributed by atoms with Crippen LogP contribution < -0.4 is 5.73 Å². The molecule has 0 aliphatic heterocycles. The monoisotopic (exact) mass is 216 g/mol. The zero-order chi connectivity index (χ0) is 10.3. The number of fused-ring (bicyclic) bond motifs is 1. The Kier molecular flexibility index (Phi) is 1.82. The smallest absolute Gasteiger partial charge is 0.191 e. The third kappa shape index (κ3) is 1.76. The summed E-state index contributed by atoms with van der Waals surface area (Å²) in [6.07, 6.45) is 4.09. The van der Waals surface area contributed by atoms with E-state index in [9.17, 15) is 0 Å². The second kappa shape index (κ2) is 3.17. The number of nitrogens with two attached hydrogens (primary N) is 1. The minimum absolute atomic E-state index is 0.498. The molecule has 0 spiro atoms. The summed E-state index contributed by atoms with van der Waals surface area (Å²) < 4.78 is 0. The zero-order valence-corrected chi connectivity index (χ0v) is 8.71. The van der Waals surface area contributed by atoms with Crippen molar-refractivity contribution in [3.05, 3.63) is 11.9 Å². The lowest BCUT2D eigenvalue weighted by atomic mass is 10.4. The fourth-order valence-electron chi connectivity index (χ4n) is 1.20. The lowest BCUT2D eigenvalue weighted by Gasteiger charge is -1.87. The number of nitrogens with zero attached hydrogens (tertiary/aromatic N) is 3. The predicted molar refractivity (Wildman–Crippen MR) is 59.2 cm³/mol. The number of thiazole rings is 1. The van der Waals surface area contributed by atoms with Crippen LogP contribution in [0.15, 0.2) is 6.20 Å². The Balaban J connectivity index is 2.02. The number of rotatable bonds is 0. The van der Waals surface area contributed by atoms with E-state index >= 15 is 0 Å². The molecule has 1 fully saturated rings. The van der Waals surface area contributed by atoms with Gasteiger partial charge in [0.25, 0.3) is 0 Å². The number of hydrogen-bond acceptors (Lipinski definition) is 5. The first kappa shape index (κ1) is 8.62. The van der Waals surface area contributed by atoms with E-state index in [2.05, 4.69) is 26.8 Å². The summed E-state index contributed by atoms with van der Waals surface area (Å²) in [7, 11) is 0. The van der Waals surface area contributed by atoms with Gasteiger partial charge in [0.2, 0.25) is 0 Å². The molecule has 2 aromatic rings. The molecule has 5 heteroatoms. The van der Waals surface area contributed by atoms with E-state index in [1.807, 2.05) is 0 Å². The molecule has 2 N–H and O–H groups in total. The summed E-state index contributed by atoms with van der Waals surface area (Å²) in [6, 6.07) is 0. The quantitative estimate of drug-likeness (QED) is 0.676. The van der Waals surface area contributed by atoms with Gasteiger partial charge in [-0.05, 0) is 18.8 Å². The molecule has 74 valence electrons. The summed E-state index contributed by atoms with van der Waals surface area (Å²) in [5, 5.41) is 0.498. The number of anilines is 1. The van der Waals surface area contributed by atoms with Gasteiger partial charge in [0.15, 0.2) is 15.6 Å². The average molecular weight is 216 g/mol. The second-order valence-corrected chi connectivity index (χ2v) is 4.49. The van der Waals surface area contributed by atoms with E-state index < -0.39 is 0 Å². The first-order chi connectivity index (χ1) is 7.31. The third-order valence-corrected chi connectivity index (χ3v) is 2.89. The molecule has 0 amide bonds. The van der Waals surface area contributed by atoms with E-state index in [4.69, 9.17) is 5.73 Å². The summed E-state index contributed by atoms with van der Waals surface area (Å²) >= 11 is 1.34. The van der Waals surface area contributed by atoms with Crippen molar-refractivity contribution in [2.24, 2.45) is 5.92 Å². The molecule has 1 aliphatic rings. The van der Waals surface area contributed by atoms with Crippen molar-refractivity contribution in [2.75, 3.05) is 5.73 Å². The van der Waals surface area contributed by atoms with E-state index in [-0.39, 0.29) is 0 Å². The summed E-state index contributed by atoms with van der Waals surface area (Å²) in [6.45, 7) is 0. The van der Waals surface area contributed by atoms with Gasteiger partial charge in [-0.3, -0.25) is 0 Å². The van der Waals surface area contributed by atoms with Crippen LogP contribution in [0.1, 0.15) is 18.5 Å². The molecule has 0 bridgehead atoms. The molecule has 0 aromatic carbocycles. The molecular weight excluding hydrogens is 208 g/mol. The number of aromatic nitrogens is 3. The van der Waals surface area contributed by atoms with Crippen LogP contribution >= 0.6 is 11.3 Å². The van der Waals surface area contributed by atoms with Gasteiger partial charge in [-0.1, -0.05) is 17.3 Å². The molecule has 4 nitrogen and oxygen atoms in total. The van der Waals surface area contributed by atoms with Crippen molar-refractivity contribution < 1.29 is 0 Å². The van der Waals surface area contributed by atoms with Crippen molar-refractivity contribution in [1.29, 1.82) is 0 Å². The maximum absolute atomic E-state index is 5.56. The Morgan fingerprint density at radius 3 is 3.07 bits per heavy atom. The molecule has 2 heterocycles. The molecule has 3 rings (SSSR count). The minimum atomic E-state index is 0.498. The van der Waals surface area contributed by atoms with E-state index in [1.165, 1.54) is 24.2 Å². The van der Waals surface area contributed by atoms with Crippen molar-refractivity contribution in [1.82, 2.24) is 15.0 Å². The van der Waals surface area contributed by atoms with Crippen LogP contribution in [-0.2, 0) is 0 Å². The predicted octanol–water partition coefficient (Wildman–Crippen LogP) is 1.43. The molecule has 15 heavy (non-hydrogen) atoms. The molecule has 1 saturated carbocycles. The highest BCUT2D eigenvalue weighted by atomic mass is 32.1. The molecule has 1 aliphatic carbocycles. The summed E-state index contributed by atoms with van der Waals surface area (Å²) in [5.74, 6) is 6.75. The van der Waals surface area contributed by atoms with Gasteiger partial charge in [0, 0.05) is 5.92 Å². The minimum Gasteiger partial charge on any atom is -0.375 e.